The normalized spacial score (nSPS) is 19.2. The van der Waals surface area contributed by atoms with Crippen LogP contribution in [0, 0.1) is 5.92 Å². The van der Waals surface area contributed by atoms with E-state index in [1.165, 1.54) is 0 Å². The van der Waals surface area contributed by atoms with Crippen LogP contribution in [0.15, 0.2) is 65.9 Å². The Labute approximate surface area is 157 Å². The van der Waals surface area contributed by atoms with Crippen LogP contribution in [0.3, 0.4) is 0 Å². The van der Waals surface area contributed by atoms with Gasteiger partial charge in [-0.25, -0.2) is 4.79 Å². The van der Waals surface area contributed by atoms with Crippen LogP contribution in [0.1, 0.15) is 35.9 Å². The molecule has 4 nitrogen and oxygen atoms in total. The minimum atomic E-state index is -0.766. The molecule has 26 heavy (non-hydrogen) atoms. The summed E-state index contributed by atoms with van der Waals surface area (Å²) in [6, 6.07) is 16.0. The fraction of sp³-hybridized carbons (Fsp3) is 0.238. The quantitative estimate of drug-likeness (QED) is 0.563. The summed E-state index contributed by atoms with van der Waals surface area (Å²) in [6.45, 7) is 3.65. The molecule has 134 valence electrons. The number of hydrogen-bond donors (Lipinski definition) is 0. The molecule has 0 amide bonds. The lowest BCUT2D eigenvalue weighted by molar-refractivity contribution is -0.139. The van der Waals surface area contributed by atoms with Gasteiger partial charge in [0.1, 0.15) is 11.9 Å². The van der Waals surface area contributed by atoms with Gasteiger partial charge in [0.15, 0.2) is 5.78 Å². The van der Waals surface area contributed by atoms with Gasteiger partial charge in [-0.2, -0.15) is 0 Å². The van der Waals surface area contributed by atoms with Crippen LogP contribution < -0.4 is 0 Å². The van der Waals surface area contributed by atoms with Gasteiger partial charge in [0, 0.05) is 10.6 Å². The fourth-order valence-corrected chi connectivity index (χ4v) is 3.26. The summed E-state index contributed by atoms with van der Waals surface area (Å²) in [5.74, 6) is -1.04. The van der Waals surface area contributed by atoms with Crippen molar-refractivity contribution in [3.05, 3.63) is 82.1 Å². The van der Waals surface area contributed by atoms with Crippen LogP contribution >= 0.6 is 11.6 Å². The summed E-state index contributed by atoms with van der Waals surface area (Å²) in [5, 5.41) is 0.591. The van der Waals surface area contributed by atoms with Crippen LogP contribution in [0.2, 0.25) is 5.02 Å². The molecule has 0 aromatic heterocycles. The van der Waals surface area contributed by atoms with Crippen LogP contribution in [-0.4, -0.2) is 18.4 Å². The number of carbonyl (C=O) groups is 2. The summed E-state index contributed by atoms with van der Waals surface area (Å²) in [6.07, 6.45) is -0.598. The third-order valence-corrected chi connectivity index (χ3v) is 4.58. The fourth-order valence-electron chi connectivity index (χ4n) is 3.14. The molecule has 2 atom stereocenters. The Morgan fingerprint density at radius 1 is 1.08 bits per heavy atom. The largest absolute Gasteiger partial charge is 0.489 e. The number of hydrogen-bond acceptors (Lipinski definition) is 4. The van der Waals surface area contributed by atoms with Gasteiger partial charge in [-0.1, -0.05) is 54.1 Å². The van der Waals surface area contributed by atoms with E-state index in [2.05, 4.69) is 0 Å². The number of ketones is 1. The maximum absolute atomic E-state index is 13.2. The molecule has 0 spiro atoms. The van der Waals surface area contributed by atoms with Crippen LogP contribution in [-0.2, 0) is 14.3 Å². The third kappa shape index (κ3) is 3.51. The molecule has 0 saturated heterocycles. The molecule has 0 radical (unpaired) electrons. The molecule has 1 aliphatic heterocycles. The van der Waals surface area contributed by atoms with E-state index in [0.717, 1.165) is 5.56 Å². The van der Waals surface area contributed by atoms with E-state index in [1.807, 2.05) is 6.07 Å². The van der Waals surface area contributed by atoms with E-state index in [1.54, 1.807) is 62.4 Å². The molecular weight excluding hydrogens is 352 g/mol. The number of esters is 1. The number of halogens is 1. The van der Waals surface area contributed by atoms with Gasteiger partial charge in [-0.3, -0.25) is 4.79 Å². The van der Waals surface area contributed by atoms with E-state index in [-0.39, 0.29) is 18.0 Å². The SMILES string of the molecule is CCOC(=O)C1=C(C)O[C@H](c2ccc(Cl)cc2)[C@@H]1C(=O)c1ccccc1. The zero-order chi connectivity index (χ0) is 18.7. The average molecular weight is 371 g/mol. The molecule has 0 aliphatic carbocycles. The minimum absolute atomic E-state index is 0.176. The van der Waals surface area contributed by atoms with Crippen molar-refractivity contribution in [1.29, 1.82) is 0 Å². The molecule has 0 fully saturated rings. The zero-order valence-electron chi connectivity index (χ0n) is 14.6. The van der Waals surface area contributed by atoms with E-state index < -0.39 is 18.0 Å². The molecule has 1 heterocycles. The van der Waals surface area contributed by atoms with Crippen molar-refractivity contribution >= 4 is 23.4 Å². The summed E-state index contributed by atoms with van der Waals surface area (Å²) >= 11 is 5.97. The summed E-state index contributed by atoms with van der Waals surface area (Å²) in [5.41, 5.74) is 1.58. The second-order valence-corrected chi connectivity index (χ2v) is 6.42. The maximum Gasteiger partial charge on any atom is 0.338 e. The van der Waals surface area contributed by atoms with Gasteiger partial charge in [0.05, 0.1) is 18.1 Å². The molecule has 2 aromatic carbocycles. The van der Waals surface area contributed by atoms with E-state index >= 15 is 0 Å². The van der Waals surface area contributed by atoms with Crippen molar-refractivity contribution in [3.8, 4) is 0 Å². The molecule has 1 aliphatic rings. The Hall–Kier alpha value is -2.59. The topological polar surface area (TPSA) is 52.6 Å². The van der Waals surface area contributed by atoms with Gasteiger partial charge in [0.2, 0.25) is 0 Å². The summed E-state index contributed by atoms with van der Waals surface area (Å²) < 4.78 is 11.1. The highest BCUT2D eigenvalue weighted by atomic mass is 35.5. The van der Waals surface area contributed by atoms with Crippen molar-refractivity contribution in [2.75, 3.05) is 6.61 Å². The van der Waals surface area contributed by atoms with Gasteiger partial charge < -0.3 is 9.47 Å². The minimum Gasteiger partial charge on any atom is -0.489 e. The Bertz CT molecular complexity index is 840. The standard InChI is InChI=1S/C21H19ClO4/c1-3-25-21(24)17-13(2)26-20(15-9-11-16(22)12-10-15)18(17)19(23)14-7-5-4-6-8-14/h4-12,18,20H,3H2,1-2H3/t18-,20+/m0/s1. The number of allylic oxidation sites excluding steroid dienone is 1. The number of Topliss-reactive ketones (excluding diaryl/α,β-unsaturated/α-hetero) is 1. The van der Waals surface area contributed by atoms with Gasteiger partial charge in [0.25, 0.3) is 0 Å². The lowest BCUT2D eigenvalue weighted by Crippen LogP contribution is -2.26. The van der Waals surface area contributed by atoms with Gasteiger partial charge >= 0.3 is 5.97 Å². The highest BCUT2D eigenvalue weighted by Crippen LogP contribution is 2.43. The predicted octanol–water partition coefficient (Wildman–Crippen LogP) is 4.75. The number of carbonyl (C=O) groups excluding carboxylic acids is 2. The number of ether oxygens (including phenoxy) is 2. The summed E-state index contributed by atoms with van der Waals surface area (Å²) in [7, 11) is 0. The molecule has 3 rings (SSSR count). The number of benzene rings is 2. The molecule has 2 aromatic rings. The first-order valence-corrected chi connectivity index (χ1v) is 8.80. The molecule has 0 bridgehead atoms. The lowest BCUT2D eigenvalue weighted by Gasteiger charge is -2.20. The first-order valence-electron chi connectivity index (χ1n) is 8.42. The maximum atomic E-state index is 13.2. The second-order valence-electron chi connectivity index (χ2n) is 5.99. The highest BCUT2D eigenvalue weighted by Gasteiger charge is 2.45. The number of rotatable bonds is 5. The van der Waals surface area contributed by atoms with Crippen LogP contribution in [0.5, 0.6) is 0 Å². The third-order valence-electron chi connectivity index (χ3n) is 4.33. The first kappa shape index (κ1) is 18.2. The average Bonchev–Trinajstić information content (AvgIpc) is 3.00. The van der Waals surface area contributed by atoms with Crippen molar-refractivity contribution in [3.63, 3.8) is 0 Å². The van der Waals surface area contributed by atoms with E-state index in [0.29, 0.717) is 16.3 Å². The monoisotopic (exact) mass is 370 g/mol. The second kappa shape index (κ2) is 7.75. The summed E-state index contributed by atoms with van der Waals surface area (Å²) in [4.78, 5) is 25.7. The van der Waals surface area contributed by atoms with E-state index in [4.69, 9.17) is 21.1 Å². The van der Waals surface area contributed by atoms with Gasteiger partial charge in [-0.05, 0) is 31.5 Å². The van der Waals surface area contributed by atoms with Crippen molar-refractivity contribution in [1.82, 2.24) is 0 Å². The smallest absolute Gasteiger partial charge is 0.338 e. The lowest BCUT2D eigenvalue weighted by atomic mass is 9.84. The molecular formula is C21H19ClO4. The van der Waals surface area contributed by atoms with Crippen LogP contribution in [0.4, 0.5) is 0 Å². The van der Waals surface area contributed by atoms with Crippen LogP contribution in [0.25, 0.3) is 0 Å². The molecule has 0 unspecified atom stereocenters. The van der Waals surface area contributed by atoms with Crippen molar-refractivity contribution in [2.45, 2.75) is 20.0 Å². The first-order chi connectivity index (χ1) is 12.5. The Morgan fingerprint density at radius 3 is 2.35 bits per heavy atom. The van der Waals surface area contributed by atoms with E-state index in [9.17, 15) is 9.59 Å². The zero-order valence-corrected chi connectivity index (χ0v) is 15.3. The molecule has 0 saturated carbocycles. The Morgan fingerprint density at radius 2 is 1.73 bits per heavy atom. The molecule has 0 N–H and O–H groups in total. The van der Waals surface area contributed by atoms with Gasteiger partial charge in [-0.15, -0.1) is 0 Å². The Kier molecular flexibility index (Phi) is 5.43. The predicted molar refractivity (Wildman–Crippen MR) is 98.9 cm³/mol. The highest BCUT2D eigenvalue weighted by molar-refractivity contribution is 6.30. The van der Waals surface area contributed by atoms with Crippen molar-refractivity contribution < 1.29 is 19.1 Å². The molecule has 5 heteroatoms. The Balaban J connectivity index is 2.04. The van der Waals surface area contributed by atoms with Crippen molar-refractivity contribution in [2.24, 2.45) is 5.92 Å².